The van der Waals surface area contributed by atoms with Gasteiger partial charge in [-0.15, -0.1) is 0 Å². The van der Waals surface area contributed by atoms with Gasteiger partial charge in [0.15, 0.2) is 6.61 Å². The van der Waals surface area contributed by atoms with Crippen LogP contribution in [-0.4, -0.2) is 25.7 Å². The molecule has 0 aliphatic carbocycles. The Hall–Kier alpha value is -1.91. The Bertz CT molecular complexity index is 433. The lowest BCUT2D eigenvalue weighted by Gasteiger charge is -2.17. The molecule has 3 N–H and O–H groups in total. The second-order valence-electron chi connectivity index (χ2n) is 4.79. The summed E-state index contributed by atoms with van der Waals surface area (Å²) in [5.41, 5.74) is 6.24. The number of anilines is 1. The number of nitrogens with two attached hydrogens (primary N) is 1. The van der Waals surface area contributed by atoms with Crippen molar-refractivity contribution in [2.45, 2.75) is 26.8 Å². The number of rotatable bonds is 6. The molecule has 19 heavy (non-hydrogen) atoms. The van der Waals surface area contributed by atoms with Crippen molar-refractivity contribution in [3.8, 4) is 11.5 Å². The number of carbonyl (C=O) groups excluding carboxylic acids is 1. The third-order valence-corrected chi connectivity index (χ3v) is 2.96. The summed E-state index contributed by atoms with van der Waals surface area (Å²) >= 11 is 0. The first kappa shape index (κ1) is 15.1. The van der Waals surface area contributed by atoms with Gasteiger partial charge in [0, 0.05) is 12.1 Å². The molecule has 1 rings (SSSR count). The van der Waals surface area contributed by atoms with Crippen molar-refractivity contribution in [1.29, 1.82) is 0 Å². The molecule has 0 aliphatic heterocycles. The third-order valence-electron chi connectivity index (χ3n) is 2.96. The average Bonchev–Trinajstić information content (AvgIpc) is 2.36. The molecule has 0 saturated carbocycles. The predicted octanol–water partition coefficient (Wildman–Crippen LogP) is 1.82. The molecular weight excluding hydrogens is 244 g/mol. The van der Waals surface area contributed by atoms with Crippen molar-refractivity contribution in [2.75, 3.05) is 19.5 Å². The standard InChI is InChI=1S/C14H22N2O3/c1-9(2)10(3)16-14(17)8-19-13-6-5-11(18-4)7-12(13)15/h5-7,9-10H,8,15H2,1-4H3,(H,16,17). The zero-order valence-electron chi connectivity index (χ0n) is 11.9. The number of amides is 1. The highest BCUT2D eigenvalue weighted by atomic mass is 16.5. The van der Waals surface area contributed by atoms with Crippen molar-refractivity contribution in [2.24, 2.45) is 5.92 Å². The highest BCUT2D eigenvalue weighted by Gasteiger charge is 2.11. The predicted molar refractivity (Wildman–Crippen MR) is 75.3 cm³/mol. The first-order valence-electron chi connectivity index (χ1n) is 6.29. The Morgan fingerprint density at radius 3 is 2.58 bits per heavy atom. The van der Waals surface area contributed by atoms with Crippen LogP contribution in [0.1, 0.15) is 20.8 Å². The maximum absolute atomic E-state index is 11.7. The smallest absolute Gasteiger partial charge is 0.258 e. The van der Waals surface area contributed by atoms with E-state index in [1.54, 1.807) is 25.3 Å². The van der Waals surface area contributed by atoms with E-state index in [-0.39, 0.29) is 18.6 Å². The maximum Gasteiger partial charge on any atom is 0.258 e. The monoisotopic (exact) mass is 266 g/mol. The van der Waals surface area contributed by atoms with Crippen LogP contribution in [0.4, 0.5) is 5.69 Å². The van der Waals surface area contributed by atoms with Crippen LogP contribution in [0.15, 0.2) is 18.2 Å². The highest BCUT2D eigenvalue weighted by molar-refractivity contribution is 5.78. The van der Waals surface area contributed by atoms with Crippen LogP contribution in [0.3, 0.4) is 0 Å². The number of hydrogen-bond acceptors (Lipinski definition) is 4. The first-order valence-corrected chi connectivity index (χ1v) is 6.29. The van der Waals surface area contributed by atoms with Gasteiger partial charge in [-0.05, 0) is 25.0 Å². The van der Waals surface area contributed by atoms with Gasteiger partial charge in [-0.2, -0.15) is 0 Å². The van der Waals surface area contributed by atoms with E-state index < -0.39 is 0 Å². The Labute approximate surface area is 114 Å². The number of methoxy groups -OCH3 is 1. The van der Waals surface area contributed by atoms with Crippen LogP contribution in [0.25, 0.3) is 0 Å². The molecule has 0 heterocycles. The zero-order valence-corrected chi connectivity index (χ0v) is 11.9. The summed E-state index contributed by atoms with van der Waals surface area (Å²) in [6, 6.07) is 5.20. The van der Waals surface area contributed by atoms with Gasteiger partial charge in [0.1, 0.15) is 11.5 Å². The minimum Gasteiger partial charge on any atom is -0.497 e. The van der Waals surface area contributed by atoms with Crippen LogP contribution in [-0.2, 0) is 4.79 Å². The highest BCUT2D eigenvalue weighted by Crippen LogP contribution is 2.26. The van der Waals surface area contributed by atoms with Gasteiger partial charge in [0.2, 0.25) is 0 Å². The molecule has 1 amide bonds. The summed E-state index contributed by atoms with van der Waals surface area (Å²) in [5, 5.41) is 2.86. The number of ether oxygens (including phenoxy) is 2. The molecule has 1 unspecified atom stereocenters. The van der Waals surface area contributed by atoms with Gasteiger partial charge >= 0.3 is 0 Å². The molecule has 0 radical (unpaired) electrons. The van der Waals surface area contributed by atoms with Crippen LogP contribution >= 0.6 is 0 Å². The molecular formula is C14H22N2O3. The lowest BCUT2D eigenvalue weighted by atomic mass is 10.1. The van der Waals surface area contributed by atoms with Crippen molar-refractivity contribution >= 4 is 11.6 Å². The summed E-state index contributed by atoms with van der Waals surface area (Å²) in [5.74, 6) is 1.36. The summed E-state index contributed by atoms with van der Waals surface area (Å²) in [6.45, 7) is 6.01. The Kier molecular flexibility index (Phi) is 5.48. The summed E-state index contributed by atoms with van der Waals surface area (Å²) in [6.07, 6.45) is 0. The van der Waals surface area contributed by atoms with E-state index in [1.807, 2.05) is 20.8 Å². The van der Waals surface area contributed by atoms with Crippen molar-refractivity contribution < 1.29 is 14.3 Å². The van der Waals surface area contributed by atoms with Gasteiger partial charge in [0.25, 0.3) is 5.91 Å². The molecule has 5 nitrogen and oxygen atoms in total. The maximum atomic E-state index is 11.7. The van der Waals surface area contributed by atoms with Gasteiger partial charge in [-0.25, -0.2) is 0 Å². The molecule has 5 heteroatoms. The second-order valence-corrected chi connectivity index (χ2v) is 4.79. The fourth-order valence-corrected chi connectivity index (χ4v) is 1.39. The van der Waals surface area contributed by atoms with E-state index in [1.165, 1.54) is 0 Å². The summed E-state index contributed by atoms with van der Waals surface area (Å²) in [7, 11) is 1.57. The molecule has 0 aromatic heterocycles. The van der Waals surface area contributed by atoms with Crippen molar-refractivity contribution in [3.05, 3.63) is 18.2 Å². The van der Waals surface area contributed by atoms with Gasteiger partial charge < -0.3 is 20.5 Å². The number of nitrogen functional groups attached to an aromatic ring is 1. The van der Waals surface area contributed by atoms with Crippen LogP contribution in [0, 0.1) is 5.92 Å². The molecule has 0 bridgehead atoms. The SMILES string of the molecule is COc1ccc(OCC(=O)NC(C)C(C)C)c(N)c1. The van der Waals surface area contributed by atoms with Crippen molar-refractivity contribution in [3.63, 3.8) is 0 Å². The molecule has 0 aliphatic rings. The molecule has 1 aromatic carbocycles. The van der Waals surface area contributed by atoms with Gasteiger partial charge in [-0.1, -0.05) is 13.8 Å². The van der Waals surface area contributed by atoms with Gasteiger partial charge in [-0.3, -0.25) is 4.79 Å². The normalized spacial score (nSPS) is 12.1. The average molecular weight is 266 g/mol. The summed E-state index contributed by atoms with van der Waals surface area (Å²) in [4.78, 5) is 11.7. The van der Waals surface area contributed by atoms with Crippen molar-refractivity contribution in [1.82, 2.24) is 5.32 Å². The van der Waals surface area contributed by atoms with Gasteiger partial charge in [0.05, 0.1) is 12.8 Å². The topological polar surface area (TPSA) is 73.6 Å². The van der Waals surface area contributed by atoms with E-state index >= 15 is 0 Å². The Balaban J connectivity index is 2.50. The second kappa shape index (κ2) is 6.87. The number of hydrogen-bond donors (Lipinski definition) is 2. The molecule has 1 atom stereocenters. The molecule has 1 aromatic rings. The lowest BCUT2D eigenvalue weighted by molar-refractivity contribution is -0.123. The fourth-order valence-electron chi connectivity index (χ4n) is 1.39. The Morgan fingerprint density at radius 1 is 1.37 bits per heavy atom. The van der Waals surface area contributed by atoms with E-state index in [9.17, 15) is 4.79 Å². The molecule has 0 saturated heterocycles. The van der Waals surface area contributed by atoms with E-state index in [0.717, 1.165) is 0 Å². The zero-order chi connectivity index (χ0) is 14.4. The molecule has 106 valence electrons. The quantitative estimate of drug-likeness (QED) is 0.770. The first-order chi connectivity index (χ1) is 8.93. The molecule has 0 fully saturated rings. The fraction of sp³-hybridized carbons (Fsp3) is 0.500. The number of carbonyl (C=O) groups is 1. The summed E-state index contributed by atoms with van der Waals surface area (Å²) < 4.78 is 10.4. The largest absolute Gasteiger partial charge is 0.497 e. The molecule has 0 spiro atoms. The van der Waals surface area contributed by atoms with E-state index in [2.05, 4.69) is 5.32 Å². The third kappa shape index (κ3) is 4.69. The van der Waals surface area contributed by atoms with Crippen LogP contribution in [0.2, 0.25) is 0 Å². The van der Waals surface area contributed by atoms with Crippen LogP contribution < -0.4 is 20.5 Å². The lowest BCUT2D eigenvalue weighted by Crippen LogP contribution is -2.39. The van der Waals surface area contributed by atoms with E-state index in [0.29, 0.717) is 23.1 Å². The minimum atomic E-state index is -0.156. The Morgan fingerprint density at radius 2 is 2.05 bits per heavy atom. The minimum absolute atomic E-state index is 0.0480. The van der Waals surface area contributed by atoms with Crippen LogP contribution in [0.5, 0.6) is 11.5 Å². The number of nitrogens with one attached hydrogen (secondary N) is 1. The number of benzene rings is 1. The van der Waals surface area contributed by atoms with E-state index in [4.69, 9.17) is 15.2 Å².